The van der Waals surface area contributed by atoms with E-state index in [9.17, 15) is 13.2 Å². The zero-order valence-electron chi connectivity index (χ0n) is 16.1. The molecule has 7 nitrogen and oxygen atoms in total. The van der Waals surface area contributed by atoms with E-state index in [1.54, 1.807) is 22.6 Å². The van der Waals surface area contributed by atoms with Crippen molar-refractivity contribution < 1.29 is 13.2 Å². The van der Waals surface area contributed by atoms with Crippen molar-refractivity contribution in [3.05, 3.63) is 40.6 Å². The van der Waals surface area contributed by atoms with Gasteiger partial charge in [-0.2, -0.15) is 4.31 Å². The van der Waals surface area contributed by atoms with Crippen molar-refractivity contribution in [3.63, 3.8) is 0 Å². The number of hydrogen-bond acceptors (Lipinski definition) is 6. The molecule has 1 aromatic carbocycles. The molecule has 0 saturated carbocycles. The normalized spacial score (nSPS) is 15.7. The van der Waals surface area contributed by atoms with Crippen molar-refractivity contribution in [2.24, 2.45) is 0 Å². The quantitative estimate of drug-likeness (QED) is 0.474. The van der Waals surface area contributed by atoms with Gasteiger partial charge in [-0.25, -0.2) is 18.4 Å². The van der Waals surface area contributed by atoms with Crippen LogP contribution in [0.4, 0.5) is 5.69 Å². The van der Waals surface area contributed by atoms with E-state index in [-0.39, 0.29) is 16.5 Å². The molecule has 10 heteroatoms. The fourth-order valence-corrected chi connectivity index (χ4v) is 5.47. The summed E-state index contributed by atoms with van der Waals surface area (Å²) in [5, 5.41) is 3.29. The number of thioether (sulfide) groups is 1. The molecule has 2 heterocycles. The minimum Gasteiger partial charge on any atom is -0.321 e. The Morgan fingerprint density at radius 2 is 1.83 bits per heavy atom. The van der Waals surface area contributed by atoms with Gasteiger partial charge in [-0.1, -0.05) is 31.5 Å². The number of nitrogens with one attached hydrogen (secondary N) is 1. The van der Waals surface area contributed by atoms with E-state index in [0.717, 1.165) is 31.4 Å². The van der Waals surface area contributed by atoms with Crippen LogP contribution in [0.5, 0.6) is 0 Å². The Kier molecular flexibility index (Phi) is 7.66. The minimum absolute atomic E-state index is 0.234. The van der Waals surface area contributed by atoms with E-state index in [4.69, 9.17) is 0 Å². The van der Waals surface area contributed by atoms with Gasteiger partial charge in [0.2, 0.25) is 10.0 Å². The van der Waals surface area contributed by atoms with Crippen LogP contribution < -0.4 is 5.32 Å². The number of sulfonamides is 1. The van der Waals surface area contributed by atoms with Crippen LogP contribution in [0.3, 0.4) is 0 Å². The Bertz CT molecular complexity index is 960. The maximum atomic E-state index is 12.9. The van der Waals surface area contributed by atoms with E-state index in [1.807, 2.05) is 6.92 Å². The van der Waals surface area contributed by atoms with Crippen molar-refractivity contribution >= 4 is 49.3 Å². The molecule has 0 atom stereocenters. The van der Waals surface area contributed by atoms with Crippen LogP contribution in [0.2, 0.25) is 0 Å². The Hall–Kier alpha value is -1.49. The summed E-state index contributed by atoms with van der Waals surface area (Å²) in [6.45, 7) is 3.10. The number of carbonyl (C=O) groups excluding carboxylic acids is 1. The molecule has 0 bridgehead atoms. The van der Waals surface area contributed by atoms with E-state index in [0.29, 0.717) is 28.4 Å². The van der Waals surface area contributed by atoms with Gasteiger partial charge in [0.25, 0.3) is 5.91 Å². The lowest BCUT2D eigenvalue weighted by atomic mass is 10.2. The van der Waals surface area contributed by atoms with Crippen LogP contribution >= 0.6 is 27.7 Å². The second-order valence-corrected chi connectivity index (χ2v) is 10.6. The topological polar surface area (TPSA) is 92.3 Å². The summed E-state index contributed by atoms with van der Waals surface area (Å²) in [6.07, 6.45) is 5.46. The monoisotopic (exact) mass is 498 g/mol. The number of aromatic nitrogens is 2. The maximum Gasteiger partial charge on any atom is 0.275 e. The molecule has 1 N–H and O–H groups in total. The standard InChI is InChI=1S/C19H23BrN4O3S2/c1-2-28-19-21-13-16(20)17(23-19)18(25)22-14-7-9-15(10-8-14)29(26,27)24-11-5-3-4-6-12-24/h7-10,13H,2-6,11-12H2,1H3,(H,22,25). The van der Waals surface area contributed by atoms with E-state index in [2.05, 4.69) is 31.2 Å². The zero-order chi connectivity index (χ0) is 20.9. The summed E-state index contributed by atoms with van der Waals surface area (Å²) in [5.74, 6) is 0.413. The van der Waals surface area contributed by atoms with Crippen molar-refractivity contribution in [3.8, 4) is 0 Å². The number of benzene rings is 1. The molecule has 1 fully saturated rings. The van der Waals surface area contributed by atoms with Crippen LogP contribution in [0.15, 0.2) is 45.0 Å². The lowest BCUT2D eigenvalue weighted by Gasteiger charge is -2.20. The van der Waals surface area contributed by atoms with Crippen LogP contribution in [0.25, 0.3) is 0 Å². The molecule has 1 aromatic heterocycles. The van der Waals surface area contributed by atoms with Gasteiger partial charge in [-0.15, -0.1) is 0 Å². The first-order valence-corrected chi connectivity index (χ1v) is 12.7. The molecule has 0 spiro atoms. The summed E-state index contributed by atoms with van der Waals surface area (Å²) >= 11 is 4.75. The van der Waals surface area contributed by atoms with Gasteiger partial charge >= 0.3 is 0 Å². The SMILES string of the molecule is CCSc1ncc(Br)c(C(=O)Nc2ccc(S(=O)(=O)N3CCCCCC3)cc2)n1. The Labute approximate surface area is 183 Å². The molecule has 156 valence electrons. The fraction of sp³-hybridized carbons (Fsp3) is 0.421. The van der Waals surface area contributed by atoms with E-state index < -0.39 is 10.0 Å². The maximum absolute atomic E-state index is 12.9. The number of anilines is 1. The molecular weight excluding hydrogens is 476 g/mol. The van der Waals surface area contributed by atoms with Gasteiger partial charge in [-0.05, 0) is 58.8 Å². The Morgan fingerprint density at radius 3 is 2.45 bits per heavy atom. The minimum atomic E-state index is -3.51. The highest BCUT2D eigenvalue weighted by molar-refractivity contribution is 9.10. The molecule has 0 radical (unpaired) electrons. The summed E-state index contributed by atoms with van der Waals surface area (Å²) in [6, 6.07) is 6.26. The Morgan fingerprint density at radius 1 is 1.17 bits per heavy atom. The molecule has 1 saturated heterocycles. The molecule has 1 aliphatic rings. The third kappa shape index (κ3) is 5.56. The van der Waals surface area contributed by atoms with Gasteiger partial charge < -0.3 is 5.32 Å². The molecule has 2 aromatic rings. The summed E-state index contributed by atoms with van der Waals surface area (Å²) in [7, 11) is -3.51. The summed E-state index contributed by atoms with van der Waals surface area (Å²) in [4.78, 5) is 21.3. The first-order valence-electron chi connectivity index (χ1n) is 9.48. The molecule has 1 aliphatic heterocycles. The largest absolute Gasteiger partial charge is 0.321 e. The van der Waals surface area contributed by atoms with Gasteiger partial charge in [0.05, 0.1) is 9.37 Å². The number of amides is 1. The molecule has 0 unspecified atom stereocenters. The number of rotatable bonds is 6. The van der Waals surface area contributed by atoms with Gasteiger partial charge in [0, 0.05) is 25.0 Å². The van der Waals surface area contributed by atoms with Crippen LogP contribution in [-0.2, 0) is 10.0 Å². The number of hydrogen-bond donors (Lipinski definition) is 1. The van der Waals surface area contributed by atoms with Crippen molar-refractivity contribution in [1.82, 2.24) is 14.3 Å². The van der Waals surface area contributed by atoms with Crippen LogP contribution in [-0.4, -0.2) is 47.4 Å². The average molecular weight is 499 g/mol. The predicted molar refractivity (Wildman–Crippen MR) is 118 cm³/mol. The van der Waals surface area contributed by atoms with Crippen molar-refractivity contribution in [2.45, 2.75) is 42.7 Å². The number of nitrogens with zero attached hydrogens (tertiary/aromatic N) is 3. The second-order valence-electron chi connectivity index (χ2n) is 6.58. The van der Waals surface area contributed by atoms with E-state index in [1.165, 1.54) is 23.9 Å². The molecule has 0 aliphatic carbocycles. The highest BCUT2D eigenvalue weighted by Crippen LogP contribution is 2.23. The average Bonchev–Trinajstić information content (AvgIpc) is 3.00. The van der Waals surface area contributed by atoms with Gasteiger partial charge in [0.1, 0.15) is 5.69 Å². The molecule has 29 heavy (non-hydrogen) atoms. The van der Waals surface area contributed by atoms with Crippen molar-refractivity contribution in [1.29, 1.82) is 0 Å². The Balaban J connectivity index is 1.73. The molecular formula is C19H23BrN4O3S2. The van der Waals surface area contributed by atoms with Gasteiger partial charge in [-0.3, -0.25) is 4.79 Å². The predicted octanol–water partition coefficient (Wildman–Crippen LogP) is 4.17. The third-order valence-electron chi connectivity index (χ3n) is 4.53. The summed E-state index contributed by atoms with van der Waals surface area (Å²) < 4.78 is 27.8. The van der Waals surface area contributed by atoms with Gasteiger partial charge in [0.15, 0.2) is 5.16 Å². The highest BCUT2D eigenvalue weighted by atomic mass is 79.9. The van der Waals surface area contributed by atoms with E-state index >= 15 is 0 Å². The van der Waals surface area contributed by atoms with Crippen molar-refractivity contribution in [2.75, 3.05) is 24.2 Å². The summed E-state index contributed by atoms with van der Waals surface area (Å²) in [5.41, 5.74) is 0.734. The third-order valence-corrected chi connectivity index (χ3v) is 7.76. The van der Waals surface area contributed by atoms with Crippen LogP contribution in [0, 0.1) is 0 Å². The number of carbonyl (C=O) groups is 1. The second kappa shape index (κ2) is 10.0. The number of halogens is 1. The highest BCUT2D eigenvalue weighted by Gasteiger charge is 2.25. The lowest BCUT2D eigenvalue weighted by molar-refractivity contribution is 0.102. The molecule has 3 rings (SSSR count). The fourth-order valence-electron chi connectivity index (χ4n) is 3.04. The lowest BCUT2D eigenvalue weighted by Crippen LogP contribution is -2.31. The first-order chi connectivity index (χ1) is 13.9. The van der Waals surface area contributed by atoms with Crippen LogP contribution in [0.1, 0.15) is 43.1 Å². The smallest absolute Gasteiger partial charge is 0.275 e. The first kappa shape index (κ1) is 22.2. The molecule has 1 amide bonds. The zero-order valence-corrected chi connectivity index (χ0v) is 19.3.